The van der Waals surface area contributed by atoms with Crippen LogP contribution < -0.4 is 4.90 Å². The summed E-state index contributed by atoms with van der Waals surface area (Å²) in [5, 5.41) is 0. The number of carbonyl (C=O) groups excluding carboxylic acids is 2. The van der Waals surface area contributed by atoms with E-state index in [9.17, 15) is 9.59 Å². The third kappa shape index (κ3) is 2.98. The van der Waals surface area contributed by atoms with E-state index in [1.165, 1.54) is 5.69 Å². The Labute approximate surface area is 129 Å². The molecule has 2 heterocycles. The van der Waals surface area contributed by atoms with Gasteiger partial charge in [0.2, 0.25) is 0 Å². The lowest BCUT2D eigenvalue weighted by Crippen LogP contribution is -2.49. The Morgan fingerprint density at radius 2 is 1.68 bits per heavy atom. The molecule has 1 aromatic carbocycles. The van der Waals surface area contributed by atoms with Crippen molar-refractivity contribution >= 4 is 17.9 Å². The minimum absolute atomic E-state index is 0.114. The molecule has 1 aliphatic heterocycles. The largest absolute Gasteiger partial charge is 0.368 e. The minimum Gasteiger partial charge on any atom is -0.368 e. The molecule has 1 fully saturated rings. The van der Waals surface area contributed by atoms with Crippen molar-refractivity contribution in [3.8, 4) is 0 Å². The molecule has 0 unspecified atom stereocenters. The molecule has 5 nitrogen and oxygen atoms in total. The number of nitrogens with zero attached hydrogens (tertiary/aromatic N) is 3. The zero-order valence-electron chi connectivity index (χ0n) is 12.2. The van der Waals surface area contributed by atoms with E-state index in [-0.39, 0.29) is 11.6 Å². The summed E-state index contributed by atoms with van der Waals surface area (Å²) in [5.74, 6) is -0.114. The van der Waals surface area contributed by atoms with Crippen LogP contribution in [0.2, 0.25) is 0 Å². The molecule has 0 radical (unpaired) electrons. The average molecular weight is 295 g/mol. The zero-order valence-corrected chi connectivity index (χ0v) is 12.2. The van der Waals surface area contributed by atoms with E-state index >= 15 is 0 Å². The number of amides is 1. The van der Waals surface area contributed by atoms with Crippen molar-refractivity contribution in [3.05, 3.63) is 59.9 Å². The van der Waals surface area contributed by atoms with Crippen LogP contribution >= 0.6 is 0 Å². The van der Waals surface area contributed by atoms with Crippen LogP contribution in [0.4, 0.5) is 5.69 Å². The molecule has 1 saturated heterocycles. The number of carbonyl (C=O) groups is 2. The first kappa shape index (κ1) is 14.3. The van der Waals surface area contributed by atoms with Crippen molar-refractivity contribution in [2.45, 2.75) is 0 Å². The van der Waals surface area contributed by atoms with Crippen molar-refractivity contribution < 1.29 is 9.59 Å². The van der Waals surface area contributed by atoms with E-state index in [2.05, 4.69) is 22.0 Å². The summed E-state index contributed by atoms with van der Waals surface area (Å²) in [6, 6.07) is 15.1. The van der Waals surface area contributed by atoms with Gasteiger partial charge in [-0.3, -0.25) is 9.59 Å². The van der Waals surface area contributed by atoms with E-state index in [1.807, 2.05) is 18.2 Å². The Hall–Kier alpha value is -2.69. The number of pyridine rings is 1. The molecule has 0 aliphatic carbocycles. The molecule has 1 aliphatic rings. The second-order valence-corrected chi connectivity index (χ2v) is 5.18. The first-order valence-electron chi connectivity index (χ1n) is 7.29. The van der Waals surface area contributed by atoms with Gasteiger partial charge in [0, 0.05) is 31.9 Å². The maximum absolute atomic E-state index is 12.4. The monoisotopic (exact) mass is 295 g/mol. The third-order valence-corrected chi connectivity index (χ3v) is 3.80. The highest BCUT2D eigenvalue weighted by Gasteiger charge is 2.23. The molecular weight excluding hydrogens is 278 g/mol. The van der Waals surface area contributed by atoms with Crippen LogP contribution in [0.5, 0.6) is 0 Å². The van der Waals surface area contributed by atoms with Crippen molar-refractivity contribution in [2.75, 3.05) is 31.1 Å². The average Bonchev–Trinajstić information content (AvgIpc) is 2.62. The number of para-hydroxylation sites is 1. The number of anilines is 1. The lowest BCUT2D eigenvalue weighted by atomic mass is 10.2. The van der Waals surface area contributed by atoms with Crippen LogP contribution in [-0.4, -0.2) is 48.3 Å². The molecule has 3 rings (SSSR count). The van der Waals surface area contributed by atoms with Gasteiger partial charge in [0.25, 0.3) is 5.91 Å². The van der Waals surface area contributed by atoms with Crippen molar-refractivity contribution in [1.29, 1.82) is 0 Å². The SMILES string of the molecule is O=Cc1cccc(C(=O)N2CCN(c3ccccc3)CC2)n1. The third-order valence-electron chi connectivity index (χ3n) is 3.80. The van der Waals surface area contributed by atoms with Crippen molar-refractivity contribution in [3.63, 3.8) is 0 Å². The Morgan fingerprint density at radius 3 is 2.36 bits per heavy atom. The summed E-state index contributed by atoms with van der Waals surface area (Å²) in [4.78, 5) is 31.3. The number of piperazine rings is 1. The summed E-state index contributed by atoms with van der Waals surface area (Å²) in [5.41, 5.74) is 1.79. The number of benzene rings is 1. The van der Waals surface area contributed by atoms with Gasteiger partial charge >= 0.3 is 0 Å². The minimum atomic E-state index is -0.114. The number of rotatable bonds is 3. The van der Waals surface area contributed by atoms with Gasteiger partial charge in [0.1, 0.15) is 11.4 Å². The molecule has 0 atom stereocenters. The second kappa shape index (κ2) is 6.39. The highest BCUT2D eigenvalue weighted by atomic mass is 16.2. The Bertz CT molecular complexity index is 665. The summed E-state index contributed by atoms with van der Waals surface area (Å²) >= 11 is 0. The molecule has 22 heavy (non-hydrogen) atoms. The van der Waals surface area contributed by atoms with Gasteiger partial charge in [-0.2, -0.15) is 0 Å². The molecule has 0 N–H and O–H groups in total. The predicted molar refractivity (Wildman–Crippen MR) is 84.2 cm³/mol. The molecular formula is C17H17N3O2. The standard InChI is InChI=1S/C17H17N3O2/c21-13-14-5-4-8-16(18-14)17(22)20-11-9-19(10-12-20)15-6-2-1-3-7-15/h1-8,13H,9-12H2. The van der Waals surface area contributed by atoms with E-state index in [1.54, 1.807) is 23.1 Å². The molecule has 5 heteroatoms. The van der Waals surface area contributed by atoms with Crippen LogP contribution in [0.1, 0.15) is 21.0 Å². The number of aldehydes is 1. The van der Waals surface area contributed by atoms with Gasteiger partial charge in [-0.1, -0.05) is 24.3 Å². The quantitative estimate of drug-likeness (QED) is 0.811. The molecule has 0 saturated carbocycles. The van der Waals surface area contributed by atoms with Gasteiger partial charge in [-0.25, -0.2) is 4.98 Å². The Morgan fingerprint density at radius 1 is 0.955 bits per heavy atom. The van der Waals surface area contributed by atoms with Gasteiger partial charge < -0.3 is 9.80 Å². The van der Waals surface area contributed by atoms with Crippen LogP contribution in [0.25, 0.3) is 0 Å². The van der Waals surface area contributed by atoms with Gasteiger partial charge in [0.05, 0.1) is 0 Å². The number of aromatic nitrogens is 1. The van der Waals surface area contributed by atoms with Crippen LogP contribution in [0, 0.1) is 0 Å². The number of hydrogen-bond donors (Lipinski definition) is 0. The van der Waals surface area contributed by atoms with Crippen LogP contribution in [-0.2, 0) is 0 Å². The normalized spacial score (nSPS) is 14.7. The smallest absolute Gasteiger partial charge is 0.272 e. The Kier molecular flexibility index (Phi) is 4.14. The zero-order chi connectivity index (χ0) is 15.4. The molecule has 0 spiro atoms. The van der Waals surface area contributed by atoms with E-state index in [0.717, 1.165) is 13.1 Å². The van der Waals surface area contributed by atoms with E-state index in [0.29, 0.717) is 25.1 Å². The lowest BCUT2D eigenvalue weighted by Gasteiger charge is -2.36. The van der Waals surface area contributed by atoms with Gasteiger partial charge in [0.15, 0.2) is 6.29 Å². The molecule has 2 aromatic rings. The fourth-order valence-electron chi connectivity index (χ4n) is 2.60. The second-order valence-electron chi connectivity index (χ2n) is 5.18. The number of hydrogen-bond acceptors (Lipinski definition) is 4. The van der Waals surface area contributed by atoms with E-state index < -0.39 is 0 Å². The maximum atomic E-state index is 12.4. The molecule has 1 aromatic heterocycles. The van der Waals surface area contributed by atoms with Crippen molar-refractivity contribution in [1.82, 2.24) is 9.88 Å². The fourth-order valence-corrected chi connectivity index (χ4v) is 2.60. The highest BCUT2D eigenvalue weighted by molar-refractivity contribution is 5.93. The summed E-state index contributed by atoms with van der Waals surface area (Å²) < 4.78 is 0. The predicted octanol–water partition coefficient (Wildman–Crippen LogP) is 1.86. The molecule has 1 amide bonds. The summed E-state index contributed by atoms with van der Waals surface area (Å²) in [6.07, 6.45) is 0.657. The van der Waals surface area contributed by atoms with Crippen LogP contribution in [0.15, 0.2) is 48.5 Å². The maximum Gasteiger partial charge on any atom is 0.272 e. The van der Waals surface area contributed by atoms with Gasteiger partial charge in [-0.05, 0) is 24.3 Å². The molecule has 0 bridgehead atoms. The fraction of sp³-hybridized carbons (Fsp3) is 0.235. The van der Waals surface area contributed by atoms with Gasteiger partial charge in [-0.15, -0.1) is 0 Å². The molecule has 112 valence electrons. The highest BCUT2D eigenvalue weighted by Crippen LogP contribution is 2.16. The first-order chi connectivity index (χ1) is 10.8. The van der Waals surface area contributed by atoms with Crippen molar-refractivity contribution in [2.24, 2.45) is 0 Å². The first-order valence-corrected chi connectivity index (χ1v) is 7.29. The summed E-state index contributed by atoms with van der Waals surface area (Å²) in [7, 11) is 0. The topological polar surface area (TPSA) is 53.5 Å². The lowest BCUT2D eigenvalue weighted by molar-refractivity contribution is 0.0741. The van der Waals surface area contributed by atoms with E-state index in [4.69, 9.17) is 0 Å². The van der Waals surface area contributed by atoms with Crippen LogP contribution in [0.3, 0.4) is 0 Å². The Balaban J connectivity index is 1.65. The summed E-state index contributed by atoms with van der Waals surface area (Å²) in [6.45, 7) is 2.90.